The van der Waals surface area contributed by atoms with Crippen LogP contribution in [-0.4, -0.2) is 48.4 Å². The molecule has 0 radical (unpaired) electrons. The van der Waals surface area contributed by atoms with Crippen LogP contribution in [0.25, 0.3) is 0 Å². The van der Waals surface area contributed by atoms with Gasteiger partial charge in [0, 0.05) is 18.7 Å². The maximum absolute atomic E-state index is 12.8. The summed E-state index contributed by atoms with van der Waals surface area (Å²) in [5.74, 6) is 1.07. The van der Waals surface area contributed by atoms with Gasteiger partial charge >= 0.3 is 0 Å². The quantitative estimate of drug-likeness (QED) is 0.382. The number of thioether (sulfide) groups is 1. The van der Waals surface area contributed by atoms with Gasteiger partial charge in [0.1, 0.15) is 5.76 Å². The molecule has 174 valence electrons. The molecule has 0 saturated carbocycles. The largest absolute Gasteiger partial charge is 0.358 e. The number of likely N-dealkylation sites (N-methyl/N-ethyl adjacent to an activating group) is 1. The fourth-order valence-electron chi connectivity index (χ4n) is 3.58. The molecule has 1 atom stereocenters. The van der Waals surface area contributed by atoms with Crippen LogP contribution in [0.15, 0.2) is 39.8 Å². The average molecular weight is 480 g/mol. The summed E-state index contributed by atoms with van der Waals surface area (Å²) < 4.78 is 31.5. The maximum atomic E-state index is 12.8. The second-order valence-corrected chi connectivity index (χ2v) is 10.8. The number of carbonyl (C=O) groups is 2. The van der Waals surface area contributed by atoms with Crippen molar-refractivity contribution < 1.29 is 22.5 Å². The zero-order chi connectivity index (χ0) is 23.1. The molecule has 1 aliphatic heterocycles. The minimum absolute atomic E-state index is 0.0117. The van der Waals surface area contributed by atoms with Crippen LogP contribution < -0.4 is 5.32 Å². The van der Waals surface area contributed by atoms with Crippen LogP contribution in [0.2, 0.25) is 0 Å². The number of carbonyl (C=O) groups excluding carboxylic acids is 2. The molecular formula is C22H29N3O5S2. The van der Waals surface area contributed by atoms with E-state index in [-0.39, 0.29) is 16.3 Å². The Kier molecular flexibility index (Phi) is 8.50. The van der Waals surface area contributed by atoms with Gasteiger partial charge in [-0.25, -0.2) is 8.42 Å². The van der Waals surface area contributed by atoms with Crippen LogP contribution in [-0.2, 0) is 20.6 Å². The van der Waals surface area contributed by atoms with E-state index < -0.39 is 27.8 Å². The van der Waals surface area contributed by atoms with Crippen molar-refractivity contribution >= 4 is 39.3 Å². The van der Waals surface area contributed by atoms with Gasteiger partial charge in [-0.2, -0.15) is 16.1 Å². The van der Waals surface area contributed by atoms with Crippen LogP contribution in [0.3, 0.4) is 0 Å². The van der Waals surface area contributed by atoms with E-state index in [1.807, 2.05) is 0 Å². The van der Waals surface area contributed by atoms with Gasteiger partial charge in [0.25, 0.3) is 5.91 Å². The second kappa shape index (κ2) is 11.1. The molecular weight excluding hydrogens is 450 g/mol. The number of aromatic nitrogens is 1. The summed E-state index contributed by atoms with van der Waals surface area (Å²) in [6, 6.07) is 5.98. The number of Topliss-reactive ketones (excluding diaryl/α,β-unsaturated/α-hetero) is 1. The summed E-state index contributed by atoms with van der Waals surface area (Å²) in [5.41, 5.74) is 0.0117. The van der Waals surface area contributed by atoms with Crippen molar-refractivity contribution in [2.24, 2.45) is 0 Å². The van der Waals surface area contributed by atoms with Gasteiger partial charge in [0.2, 0.25) is 10.0 Å². The average Bonchev–Trinajstić information content (AvgIpc) is 3.21. The number of amides is 1. The van der Waals surface area contributed by atoms with Crippen LogP contribution in [0.5, 0.6) is 0 Å². The Morgan fingerprint density at radius 2 is 1.91 bits per heavy atom. The van der Waals surface area contributed by atoms with Gasteiger partial charge in [0.15, 0.2) is 17.6 Å². The zero-order valence-corrected chi connectivity index (χ0v) is 20.0. The number of ketones is 1. The third-order valence-electron chi connectivity index (χ3n) is 5.37. The molecule has 0 fully saturated rings. The highest BCUT2D eigenvalue weighted by Gasteiger charge is 2.45. The van der Waals surface area contributed by atoms with E-state index >= 15 is 0 Å². The first-order valence-corrected chi connectivity index (χ1v) is 13.4. The van der Waals surface area contributed by atoms with Gasteiger partial charge in [-0.15, -0.1) is 0 Å². The number of unbranched alkanes of at least 4 members (excludes halogenated alkanes) is 5. The Bertz CT molecular complexity index is 1050. The number of anilines is 1. The van der Waals surface area contributed by atoms with Crippen LogP contribution in [0.4, 0.5) is 5.82 Å². The molecule has 0 aliphatic carbocycles. The minimum Gasteiger partial charge on any atom is -0.358 e. The summed E-state index contributed by atoms with van der Waals surface area (Å²) in [7, 11) is -2.73. The van der Waals surface area contributed by atoms with Crippen molar-refractivity contribution in [3.05, 3.63) is 41.7 Å². The summed E-state index contributed by atoms with van der Waals surface area (Å²) >= 11 is 1.74. The van der Waals surface area contributed by atoms with E-state index in [0.717, 1.165) is 16.5 Å². The normalized spacial score (nSPS) is 17.8. The number of nitrogens with one attached hydrogen (secondary N) is 1. The highest BCUT2D eigenvalue weighted by atomic mass is 32.2. The molecule has 1 amide bonds. The van der Waals surface area contributed by atoms with Gasteiger partial charge in [-0.1, -0.05) is 56.3 Å². The number of fused-ring (bicyclic) bond motifs is 1. The van der Waals surface area contributed by atoms with Gasteiger partial charge in [0.05, 0.1) is 10.6 Å². The lowest BCUT2D eigenvalue weighted by molar-refractivity contribution is -0.118. The fraction of sp³-hybridized carbons (Fsp3) is 0.500. The van der Waals surface area contributed by atoms with Crippen molar-refractivity contribution in [2.45, 2.75) is 62.1 Å². The van der Waals surface area contributed by atoms with Crippen LogP contribution in [0, 0.1) is 0 Å². The smallest absolute Gasteiger partial charge is 0.252 e. The lowest BCUT2D eigenvalue weighted by atomic mass is 10.0. The molecule has 10 heteroatoms. The molecule has 3 rings (SSSR count). The number of hydrogen-bond acceptors (Lipinski definition) is 7. The fourth-order valence-corrected chi connectivity index (χ4v) is 5.94. The number of benzene rings is 1. The second-order valence-electron chi connectivity index (χ2n) is 7.77. The molecule has 8 nitrogen and oxygen atoms in total. The van der Waals surface area contributed by atoms with E-state index in [4.69, 9.17) is 4.52 Å². The number of sulfonamides is 1. The molecule has 1 aliphatic rings. The molecule has 0 saturated heterocycles. The first kappa shape index (κ1) is 24.5. The van der Waals surface area contributed by atoms with Crippen LogP contribution in [0.1, 0.15) is 61.6 Å². The third-order valence-corrected chi connectivity index (χ3v) is 8.31. The number of hydrogen-bond donors (Lipinski definition) is 1. The first-order valence-electron chi connectivity index (χ1n) is 10.8. The highest BCUT2D eigenvalue weighted by molar-refractivity contribution is 7.98. The van der Waals surface area contributed by atoms with E-state index in [0.29, 0.717) is 11.5 Å². The standard InChI is InChI=1S/C22H29N3O5S2/c1-3-4-5-6-7-10-13-31-15-16-14-19(24-30-16)23-22(27)20-21(26)17-11-8-9-12-18(17)32(28,29)25(20)2/h8-9,11-12,14,20H,3-7,10,13,15H2,1-2H3,(H,23,24,27). The van der Waals surface area contributed by atoms with Crippen molar-refractivity contribution in [2.75, 3.05) is 18.1 Å². The summed E-state index contributed by atoms with van der Waals surface area (Å²) in [6.07, 6.45) is 7.46. The van der Waals surface area contributed by atoms with Crippen molar-refractivity contribution in [3.63, 3.8) is 0 Å². The van der Waals surface area contributed by atoms with Crippen molar-refractivity contribution in [1.82, 2.24) is 9.46 Å². The molecule has 0 spiro atoms. The third kappa shape index (κ3) is 5.60. The Hall–Kier alpha value is -2.17. The Morgan fingerprint density at radius 1 is 1.19 bits per heavy atom. The maximum Gasteiger partial charge on any atom is 0.252 e. The predicted molar refractivity (Wildman–Crippen MR) is 124 cm³/mol. The van der Waals surface area contributed by atoms with Gasteiger partial charge in [-0.05, 0) is 24.3 Å². The first-order chi connectivity index (χ1) is 15.4. The van der Waals surface area contributed by atoms with Gasteiger partial charge in [-0.3, -0.25) is 9.59 Å². The summed E-state index contributed by atoms with van der Waals surface area (Å²) in [4.78, 5) is 25.5. The topological polar surface area (TPSA) is 110 Å². The molecule has 1 aromatic heterocycles. The molecule has 32 heavy (non-hydrogen) atoms. The summed E-state index contributed by atoms with van der Waals surface area (Å²) in [6.45, 7) is 2.20. The molecule has 1 aromatic carbocycles. The molecule has 0 bridgehead atoms. The monoisotopic (exact) mass is 479 g/mol. The molecule has 2 aromatic rings. The zero-order valence-electron chi connectivity index (χ0n) is 18.4. The van der Waals surface area contributed by atoms with E-state index in [9.17, 15) is 18.0 Å². The lowest BCUT2D eigenvalue weighted by Gasteiger charge is -2.30. The number of nitrogens with zero attached hydrogens (tertiary/aromatic N) is 2. The lowest BCUT2D eigenvalue weighted by Crippen LogP contribution is -2.53. The van der Waals surface area contributed by atoms with E-state index in [1.165, 1.54) is 51.3 Å². The van der Waals surface area contributed by atoms with Crippen LogP contribution >= 0.6 is 11.8 Å². The van der Waals surface area contributed by atoms with E-state index in [2.05, 4.69) is 17.4 Å². The van der Waals surface area contributed by atoms with Crippen molar-refractivity contribution in [1.29, 1.82) is 0 Å². The van der Waals surface area contributed by atoms with Gasteiger partial charge < -0.3 is 9.84 Å². The van der Waals surface area contributed by atoms with E-state index in [1.54, 1.807) is 30.0 Å². The Morgan fingerprint density at radius 3 is 2.69 bits per heavy atom. The van der Waals surface area contributed by atoms with Crippen molar-refractivity contribution in [3.8, 4) is 0 Å². The molecule has 2 heterocycles. The highest BCUT2D eigenvalue weighted by Crippen LogP contribution is 2.29. The predicted octanol–water partition coefficient (Wildman–Crippen LogP) is 4.09. The number of rotatable bonds is 11. The SMILES string of the molecule is CCCCCCCCSCc1cc(NC(=O)C2C(=O)c3ccccc3S(=O)(=O)N2C)no1. The molecule has 1 unspecified atom stereocenters. The molecule has 1 N–H and O–H groups in total. The Balaban J connectivity index is 1.54. The summed E-state index contributed by atoms with van der Waals surface area (Å²) in [5, 5.41) is 6.34. The Labute approximate surface area is 193 Å². The minimum atomic E-state index is -3.96.